The van der Waals surface area contributed by atoms with Gasteiger partial charge in [0.2, 0.25) is 5.91 Å². The number of carbonyl (C=O) groups excluding carboxylic acids is 1. The number of rotatable bonds is 6. The van der Waals surface area contributed by atoms with Crippen LogP contribution >= 0.6 is 0 Å². The number of amides is 1. The highest BCUT2D eigenvalue weighted by Crippen LogP contribution is 2.33. The molecule has 26 heavy (non-hydrogen) atoms. The summed E-state index contributed by atoms with van der Waals surface area (Å²) in [4.78, 5) is 17.3. The van der Waals surface area contributed by atoms with E-state index in [9.17, 15) is 4.79 Å². The second-order valence-corrected chi connectivity index (χ2v) is 7.06. The Labute approximate surface area is 156 Å². The molecule has 0 saturated carbocycles. The predicted octanol–water partition coefficient (Wildman–Crippen LogP) is 3.10. The Morgan fingerprint density at radius 3 is 2.31 bits per heavy atom. The van der Waals surface area contributed by atoms with Gasteiger partial charge in [-0.3, -0.25) is 9.69 Å². The summed E-state index contributed by atoms with van der Waals surface area (Å²) >= 11 is 0. The van der Waals surface area contributed by atoms with E-state index in [4.69, 9.17) is 5.73 Å². The van der Waals surface area contributed by atoms with Gasteiger partial charge < -0.3 is 10.6 Å². The first-order valence-electron chi connectivity index (χ1n) is 9.51. The van der Waals surface area contributed by atoms with Crippen molar-refractivity contribution in [1.29, 1.82) is 0 Å². The zero-order valence-electron chi connectivity index (χ0n) is 15.7. The summed E-state index contributed by atoms with van der Waals surface area (Å²) in [7, 11) is 0. The third kappa shape index (κ3) is 3.81. The van der Waals surface area contributed by atoms with Crippen LogP contribution in [0.1, 0.15) is 25.3 Å². The number of nitrogens with two attached hydrogens (primary N) is 1. The number of likely N-dealkylation sites (tertiary alicyclic amines) is 1. The van der Waals surface area contributed by atoms with Gasteiger partial charge in [-0.15, -0.1) is 0 Å². The number of hydrogen-bond donors (Lipinski definition) is 1. The molecule has 2 N–H and O–H groups in total. The number of nitrogens with zero attached hydrogens (tertiary/aromatic N) is 2. The molecule has 138 valence electrons. The van der Waals surface area contributed by atoms with Crippen molar-refractivity contribution in [3.8, 4) is 0 Å². The number of carbonyl (C=O) groups is 1. The van der Waals surface area contributed by atoms with Crippen LogP contribution in [-0.4, -0.2) is 43.0 Å². The maximum Gasteiger partial charge on any atom is 0.244 e. The van der Waals surface area contributed by atoms with Gasteiger partial charge in [0, 0.05) is 31.2 Å². The summed E-state index contributed by atoms with van der Waals surface area (Å²) in [6.45, 7) is 7.11. The average molecular weight is 351 g/mol. The van der Waals surface area contributed by atoms with Crippen LogP contribution in [0.4, 0.5) is 5.69 Å². The molecule has 0 spiro atoms. The first kappa shape index (κ1) is 18.6. The zero-order valence-corrected chi connectivity index (χ0v) is 15.7. The molecule has 2 aromatic rings. The van der Waals surface area contributed by atoms with Crippen LogP contribution in [-0.2, 0) is 4.79 Å². The summed E-state index contributed by atoms with van der Waals surface area (Å²) < 4.78 is 0. The van der Waals surface area contributed by atoms with Crippen LogP contribution in [0.15, 0.2) is 60.7 Å². The zero-order chi connectivity index (χ0) is 18.5. The van der Waals surface area contributed by atoms with Crippen LogP contribution < -0.4 is 10.6 Å². The van der Waals surface area contributed by atoms with Gasteiger partial charge in [0.15, 0.2) is 0 Å². The lowest BCUT2D eigenvalue weighted by Gasteiger charge is -2.30. The topological polar surface area (TPSA) is 49.6 Å². The third-order valence-corrected chi connectivity index (χ3v) is 5.55. The van der Waals surface area contributed by atoms with Gasteiger partial charge in [-0.2, -0.15) is 0 Å². The molecule has 3 rings (SSSR count). The molecule has 0 aliphatic carbocycles. The molecule has 1 aliphatic heterocycles. The maximum absolute atomic E-state index is 13.2. The standard InChI is InChI=1S/C22H29N3O/c1-3-25(20-12-8-5-9-13-20)22(26)17(2)24-15-19(14-23)21(16-24)18-10-6-4-7-11-18/h4-13,17,19,21H,3,14-16,23H2,1-2H3/t17?,19-,21+/m1/s1. The molecule has 2 aromatic carbocycles. The quantitative estimate of drug-likeness (QED) is 0.870. The minimum Gasteiger partial charge on any atom is -0.330 e. The highest BCUT2D eigenvalue weighted by atomic mass is 16.2. The molecule has 1 amide bonds. The molecule has 1 fully saturated rings. The van der Waals surface area contributed by atoms with Crippen LogP contribution in [0.2, 0.25) is 0 Å². The molecule has 0 radical (unpaired) electrons. The summed E-state index contributed by atoms with van der Waals surface area (Å²) in [5.41, 5.74) is 8.33. The van der Waals surface area contributed by atoms with Gasteiger partial charge in [0.25, 0.3) is 0 Å². The molecule has 0 bridgehead atoms. The van der Waals surface area contributed by atoms with E-state index in [1.54, 1.807) is 0 Å². The van der Waals surface area contributed by atoms with Gasteiger partial charge in [-0.05, 0) is 44.0 Å². The molecule has 1 unspecified atom stereocenters. The molecular formula is C22H29N3O. The Morgan fingerprint density at radius 2 is 1.73 bits per heavy atom. The summed E-state index contributed by atoms with van der Waals surface area (Å²) in [6.07, 6.45) is 0. The van der Waals surface area contributed by atoms with Crippen molar-refractivity contribution in [3.63, 3.8) is 0 Å². The summed E-state index contributed by atoms with van der Waals surface area (Å²) in [5.74, 6) is 0.936. The van der Waals surface area contributed by atoms with E-state index in [1.807, 2.05) is 55.1 Å². The van der Waals surface area contributed by atoms with Crippen molar-refractivity contribution < 1.29 is 4.79 Å². The molecule has 1 heterocycles. The van der Waals surface area contributed by atoms with Crippen LogP contribution in [0.3, 0.4) is 0 Å². The first-order chi connectivity index (χ1) is 12.7. The minimum atomic E-state index is -0.155. The number of para-hydroxylation sites is 1. The van der Waals surface area contributed by atoms with Gasteiger partial charge >= 0.3 is 0 Å². The lowest BCUT2D eigenvalue weighted by atomic mass is 9.89. The van der Waals surface area contributed by atoms with Crippen molar-refractivity contribution in [2.75, 3.05) is 31.1 Å². The van der Waals surface area contributed by atoms with Gasteiger partial charge in [-0.1, -0.05) is 48.5 Å². The highest BCUT2D eigenvalue weighted by molar-refractivity contribution is 5.96. The van der Waals surface area contributed by atoms with E-state index in [1.165, 1.54) is 5.56 Å². The lowest BCUT2D eigenvalue weighted by Crippen LogP contribution is -2.46. The second kappa shape index (κ2) is 8.47. The Balaban J connectivity index is 1.75. The molecule has 1 aliphatic rings. The Hall–Kier alpha value is -2.17. The fraction of sp³-hybridized carbons (Fsp3) is 0.409. The monoisotopic (exact) mass is 351 g/mol. The highest BCUT2D eigenvalue weighted by Gasteiger charge is 2.37. The second-order valence-electron chi connectivity index (χ2n) is 7.06. The largest absolute Gasteiger partial charge is 0.330 e. The minimum absolute atomic E-state index is 0.155. The van der Waals surface area contributed by atoms with E-state index in [0.717, 1.165) is 18.8 Å². The van der Waals surface area contributed by atoms with Gasteiger partial charge in [0.1, 0.15) is 0 Å². The van der Waals surface area contributed by atoms with E-state index in [2.05, 4.69) is 29.2 Å². The van der Waals surface area contributed by atoms with Gasteiger partial charge in [0.05, 0.1) is 6.04 Å². The fourth-order valence-corrected chi connectivity index (χ4v) is 3.99. The van der Waals surface area contributed by atoms with Crippen LogP contribution in [0, 0.1) is 5.92 Å². The number of anilines is 1. The van der Waals surface area contributed by atoms with Crippen molar-refractivity contribution in [1.82, 2.24) is 4.90 Å². The predicted molar refractivity (Wildman–Crippen MR) is 107 cm³/mol. The Kier molecular flexibility index (Phi) is 6.07. The normalized spacial score (nSPS) is 21.5. The Morgan fingerprint density at radius 1 is 1.12 bits per heavy atom. The van der Waals surface area contributed by atoms with E-state index >= 15 is 0 Å². The van der Waals surface area contributed by atoms with Crippen LogP contribution in [0.25, 0.3) is 0 Å². The van der Waals surface area contributed by atoms with E-state index < -0.39 is 0 Å². The van der Waals surface area contributed by atoms with Crippen molar-refractivity contribution >= 4 is 11.6 Å². The lowest BCUT2D eigenvalue weighted by molar-refractivity contribution is -0.122. The molecule has 0 aromatic heterocycles. The molecule has 1 saturated heterocycles. The van der Waals surface area contributed by atoms with Crippen molar-refractivity contribution in [2.45, 2.75) is 25.8 Å². The summed E-state index contributed by atoms with van der Waals surface area (Å²) in [5, 5.41) is 0. The number of hydrogen-bond acceptors (Lipinski definition) is 3. The van der Waals surface area contributed by atoms with E-state index in [0.29, 0.717) is 24.9 Å². The summed E-state index contributed by atoms with van der Waals surface area (Å²) in [6, 6.07) is 20.3. The van der Waals surface area contributed by atoms with E-state index in [-0.39, 0.29) is 11.9 Å². The van der Waals surface area contributed by atoms with Crippen molar-refractivity contribution in [3.05, 3.63) is 66.2 Å². The van der Waals surface area contributed by atoms with Crippen LogP contribution in [0.5, 0.6) is 0 Å². The SMILES string of the molecule is CCN(C(=O)C(C)N1C[C@@H](CN)[C@H](c2ccccc2)C1)c1ccccc1. The number of benzene rings is 2. The molecule has 4 heteroatoms. The maximum atomic E-state index is 13.2. The average Bonchev–Trinajstić information content (AvgIpc) is 3.14. The fourth-order valence-electron chi connectivity index (χ4n) is 3.99. The molecular weight excluding hydrogens is 322 g/mol. The van der Waals surface area contributed by atoms with Gasteiger partial charge in [-0.25, -0.2) is 0 Å². The smallest absolute Gasteiger partial charge is 0.244 e. The Bertz CT molecular complexity index is 704. The molecule has 3 atom stereocenters. The first-order valence-corrected chi connectivity index (χ1v) is 9.51. The molecule has 4 nitrogen and oxygen atoms in total. The number of likely N-dealkylation sites (N-methyl/N-ethyl adjacent to an activating group) is 1. The van der Waals surface area contributed by atoms with Crippen molar-refractivity contribution in [2.24, 2.45) is 11.7 Å². The third-order valence-electron chi connectivity index (χ3n) is 5.55.